The van der Waals surface area contributed by atoms with Crippen LogP contribution in [0.4, 0.5) is 5.82 Å². The smallest absolute Gasteiger partial charge is 0.332 e. The topological polar surface area (TPSA) is 137 Å². The average Bonchev–Trinajstić information content (AvgIpc) is 3.46. The predicted molar refractivity (Wildman–Crippen MR) is 174 cm³/mol. The number of aryl methyl sites for hydroxylation is 2. The first-order chi connectivity index (χ1) is 22.3. The van der Waals surface area contributed by atoms with Crippen LogP contribution in [0.1, 0.15) is 30.9 Å². The van der Waals surface area contributed by atoms with Gasteiger partial charge in [0, 0.05) is 38.8 Å². The Balaban J connectivity index is 1.48. The lowest BCUT2D eigenvalue weighted by atomic mass is 10.1. The maximum Gasteiger partial charge on any atom is 0.332 e. The highest BCUT2D eigenvalue weighted by molar-refractivity contribution is 5.77. The summed E-state index contributed by atoms with van der Waals surface area (Å²) in [5.74, 6) is 1.66. The van der Waals surface area contributed by atoms with Gasteiger partial charge in [-0.05, 0) is 61.4 Å². The molecule has 0 bridgehead atoms. The summed E-state index contributed by atoms with van der Waals surface area (Å²) in [5, 5.41) is 9.57. The van der Waals surface area contributed by atoms with Gasteiger partial charge in [0.2, 0.25) is 0 Å². The fourth-order valence-electron chi connectivity index (χ4n) is 5.20. The van der Waals surface area contributed by atoms with Crippen LogP contribution >= 0.6 is 0 Å². The number of hydrogen-bond donors (Lipinski definition) is 0. The third-order valence-corrected chi connectivity index (χ3v) is 7.62. The first kappa shape index (κ1) is 31.7. The van der Waals surface area contributed by atoms with E-state index in [-0.39, 0.29) is 43.3 Å². The quantitative estimate of drug-likeness (QED) is 0.180. The molecule has 0 aliphatic heterocycles. The SMILES string of the molecule is CCOC(=O)CCCn1c(-c2ccc(OCCN(C)c3ccccn3)cc2)nc2c1c(=O)n(Cc1ccccc1C#N)c(=O)n2C. The number of fused-ring (bicyclic) bond motifs is 1. The number of pyridine rings is 1. The first-order valence-corrected chi connectivity index (χ1v) is 15.0. The molecule has 5 rings (SSSR count). The molecule has 0 atom stereocenters. The van der Waals surface area contributed by atoms with Crippen molar-refractivity contribution in [3.05, 3.63) is 105 Å². The van der Waals surface area contributed by atoms with Gasteiger partial charge in [0.05, 0.1) is 31.3 Å². The van der Waals surface area contributed by atoms with Crippen molar-refractivity contribution in [2.75, 3.05) is 31.7 Å². The van der Waals surface area contributed by atoms with E-state index >= 15 is 0 Å². The Hall–Kier alpha value is -5.70. The average molecular weight is 622 g/mol. The number of benzene rings is 2. The van der Waals surface area contributed by atoms with Gasteiger partial charge < -0.3 is 18.9 Å². The van der Waals surface area contributed by atoms with Crippen LogP contribution in [0.2, 0.25) is 0 Å². The minimum Gasteiger partial charge on any atom is -0.492 e. The Kier molecular flexibility index (Phi) is 9.92. The molecule has 0 radical (unpaired) electrons. The molecule has 2 aromatic carbocycles. The molecule has 3 aromatic heterocycles. The molecule has 0 amide bonds. The van der Waals surface area contributed by atoms with Gasteiger partial charge >= 0.3 is 11.7 Å². The molecule has 0 aliphatic rings. The molecular formula is C34H35N7O5. The van der Waals surface area contributed by atoms with E-state index in [0.717, 1.165) is 10.4 Å². The zero-order chi connectivity index (χ0) is 32.6. The second-order valence-corrected chi connectivity index (χ2v) is 10.7. The zero-order valence-electron chi connectivity index (χ0n) is 26.0. The number of anilines is 1. The lowest BCUT2D eigenvalue weighted by Gasteiger charge is -2.18. The summed E-state index contributed by atoms with van der Waals surface area (Å²) in [6.45, 7) is 3.31. The van der Waals surface area contributed by atoms with Crippen molar-refractivity contribution in [1.82, 2.24) is 23.7 Å². The molecule has 3 heterocycles. The van der Waals surface area contributed by atoms with Crippen LogP contribution in [-0.2, 0) is 29.7 Å². The minimum absolute atomic E-state index is 0.0733. The normalized spacial score (nSPS) is 10.9. The maximum atomic E-state index is 14.0. The van der Waals surface area contributed by atoms with Crippen molar-refractivity contribution >= 4 is 23.0 Å². The predicted octanol–water partition coefficient (Wildman–Crippen LogP) is 3.74. The van der Waals surface area contributed by atoms with E-state index in [1.165, 1.54) is 4.57 Å². The highest BCUT2D eigenvalue weighted by Crippen LogP contribution is 2.26. The summed E-state index contributed by atoms with van der Waals surface area (Å²) in [5.41, 5.74) is 1.02. The number of rotatable bonds is 13. The van der Waals surface area contributed by atoms with E-state index in [0.29, 0.717) is 47.8 Å². The molecule has 12 heteroatoms. The highest BCUT2D eigenvalue weighted by Gasteiger charge is 2.22. The molecule has 5 aromatic rings. The number of nitriles is 1. The lowest BCUT2D eigenvalue weighted by molar-refractivity contribution is -0.143. The lowest BCUT2D eigenvalue weighted by Crippen LogP contribution is -2.40. The Morgan fingerprint density at radius 1 is 1.02 bits per heavy atom. The largest absolute Gasteiger partial charge is 0.492 e. The number of carbonyl (C=O) groups is 1. The minimum atomic E-state index is -0.549. The Labute approximate surface area is 265 Å². The standard InChI is InChI=1S/C34H35N7O5/c1-4-45-29(42)13-9-19-40-30-32(39(3)34(44)41(33(30)43)23-26-11-6-5-10-25(26)22-35)37-31(40)24-14-16-27(17-15-24)46-21-20-38(2)28-12-7-8-18-36-28/h5-8,10-12,14-18H,4,9,13,19-21,23H2,1-3H3. The van der Waals surface area contributed by atoms with Gasteiger partial charge in [0.1, 0.15) is 24.0 Å². The van der Waals surface area contributed by atoms with Gasteiger partial charge in [-0.2, -0.15) is 5.26 Å². The fourth-order valence-corrected chi connectivity index (χ4v) is 5.20. The molecule has 46 heavy (non-hydrogen) atoms. The molecule has 0 aliphatic carbocycles. The maximum absolute atomic E-state index is 14.0. The van der Waals surface area contributed by atoms with Gasteiger partial charge in [-0.25, -0.2) is 14.8 Å². The Bertz CT molecular complexity index is 1990. The summed E-state index contributed by atoms with van der Waals surface area (Å²) in [6, 6.07) is 22.1. The van der Waals surface area contributed by atoms with Crippen LogP contribution in [0.15, 0.2) is 82.5 Å². The van der Waals surface area contributed by atoms with Crippen molar-refractivity contribution in [3.63, 3.8) is 0 Å². The van der Waals surface area contributed by atoms with E-state index in [4.69, 9.17) is 14.5 Å². The summed E-state index contributed by atoms with van der Waals surface area (Å²) in [6.07, 6.45) is 2.29. The van der Waals surface area contributed by atoms with Gasteiger partial charge in [0.15, 0.2) is 11.2 Å². The van der Waals surface area contributed by atoms with Crippen LogP contribution in [-0.4, -0.2) is 56.4 Å². The highest BCUT2D eigenvalue weighted by atomic mass is 16.5. The first-order valence-electron chi connectivity index (χ1n) is 15.0. The number of nitrogens with zero attached hydrogens (tertiary/aromatic N) is 7. The molecule has 0 saturated heterocycles. The fraction of sp³-hybridized carbons (Fsp3) is 0.294. The number of ether oxygens (including phenoxy) is 2. The van der Waals surface area contributed by atoms with E-state index in [2.05, 4.69) is 11.1 Å². The monoisotopic (exact) mass is 621 g/mol. The van der Waals surface area contributed by atoms with E-state index in [9.17, 15) is 19.6 Å². The third-order valence-electron chi connectivity index (χ3n) is 7.62. The molecule has 0 spiro atoms. The second-order valence-electron chi connectivity index (χ2n) is 10.7. The molecule has 0 unspecified atom stereocenters. The molecule has 0 saturated carbocycles. The summed E-state index contributed by atoms with van der Waals surface area (Å²) >= 11 is 0. The van der Waals surface area contributed by atoms with Crippen molar-refractivity contribution in [3.8, 4) is 23.2 Å². The zero-order valence-corrected chi connectivity index (χ0v) is 26.0. The van der Waals surface area contributed by atoms with Crippen molar-refractivity contribution < 1.29 is 14.3 Å². The number of hydrogen-bond acceptors (Lipinski definition) is 9. The number of likely N-dealkylation sites (N-methyl/N-ethyl adjacent to an activating group) is 1. The third kappa shape index (κ3) is 6.83. The van der Waals surface area contributed by atoms with Gasteiger partial charge in [-0.3, -0.25) is 18.7 Å². The number of esters is 1. The Morgan fingerprint density at radius 3 is 2.50 bits per heavy atom. The van der Waals surface area contributed by atoms with Gasteiger partial charge in [-0.15, -0.1) is 0 Å². The Morgan fingerprint density at radius 2 is 1.78 bits per heavy atom. The van der Waals surface area contributed by atoms with Crippen LogP contribution in [0, 0.1) is 11.3 Å². The summed E-state index contributed by atoms with van der Waals surface area (Å²) in [7, 11) is 3.51. The van der Waals surface area contributed by atoms with Crippen LogP contribution in [0.25, 0.3) is 22.6 Å². The number of imidazole rings is 1. The van der Waals surface area contributed by atoms with E-state index in [1.54, 1.807) is 49.0 Å². The van der Waals surface area contributed by atoms with Crippen LogP contribution < -0.4 is 20.9 Å². The molecular weight excluding hydrogens is 586 g/mol. The molecule has 0 N–H and O–H groups in total. The summed E-state index contributed by atoms with van der Waals surface area (Å²) in [4.78, 5) is 50.6. The van der Waals surface area contributed by atoms with Gasteiger partial charge in [-0.1, -0.05) is 24.3 Å². The number of carbonyl (C=O) groups excluding carboxylic acids is 1. The molecule has 0 fully saturated rings. The molecule has 236 valence electrons. The summed E-state index contributed by atoms with van der Waals surface area (Å²) < 4.78 is 15.3. The number of aromatic nitrogens is 5. The van der Waals surface area contributed by atoms with Crippen molar-refractivity contribution in [2.45, 2.75) is 32.9 Å². The second kappa shape index (κ2) is 14.4. The van der Waals surface area contributed by atoms with Crippen molar-refractivity contribution in [1.29, 1.82) is 5.26 Å². The van der Waals surface area contributed by atoms with E-state index < -0.39 is 11.2 Å². The van der Waals surface area contributed by atoms with Crippen LogP contribution in [0.5, 0.6) is 5.75 Å². The van der Waals surface area contributed by atoms with E-state index in [1.807, 2.05) is 54.4 Å². The van der Waals surface area contributed by atoms with Crippen LogP contribution in [0.3, 0.4) is 0 Å². The molecule has 12 nitrogen and oxygen atoms in total. The van der Waals surface area contributed by atoms with Gasteiger partial charge in [0.25, 0.3) is 5.56 Å². The van der Waals surface area contributed by atoms with Crippen molar-refractivity contribution in [2.24, 2.45) is 7.05 Å².